The lowest BCUT2D eigenvalue weighted by atomic mass is 9.99. The summed E-state index contributed by atoms with van der Waals surface area (Å²) in [7, 11) is 0. The molecular formula is C19H35N5O. The van der Waals surface area contributed by atoms with Crippen LogP contribution in [0.15, 0.2) is 15.6 Å². The number of aromatic nitrogens is 1. The van der Waals surface area contributed by atoms with Crippen molar-refractivity contribution in [3.63, 3.8) is 0 Å². The summed E-state index contributed by atoms with van der Waals surface area (Å²) in [6.45, 7) is 14.6. The Morgan fingerprint density at radius 2 is 2.12 bits per heavy atom. The van der Waals surface area contributed by atoms with Crippen LogP contribution in [0, 0.1) is 5.92 Å². The second-order valence-corrected chi connectivity index (χ2v) is 7.37. The first-order valence-electron chi connectivity index (χ1n) is 9.78. The van der Waals surface area contributed by atoms with Crippen LogP contribution in [0.3, 0.4) is 0 Å². The lowest BCUT2D eigenvalue weighted by Crippen LogP contribution is -2.39. The van der Waals surface area contributed by atoms with Crippen LogP contribution in [0.1, 0.15) is 64.3 Å². The lowest BCUT2D eigenvalue weighted by molar-refractivity contribution is 0.191. The van der Waals surface area contributed by atoms with Gasteiger partial charge in [-0.25, -0.2) is 4.99 Å². The Balaban J connectivity index is 1.71. The van der Waals surface area contributed by atoms with Crippen LogP contribution in [0.25, 0.3) is 0 Å². The zero-order valence-corrected chi connectivity index (χ0v) is 16.3. The van der Waals surface area contributed by atoms with Crippen LogP contribution in [0.4, 0.5) is 0 Å². The van der Waals surface area contributed by atoms with E-state index in [1.165, 1.54) is 32.5 Å². The van der Waals surface area contributed by atoms with Gasteiger partial charge in [-0.3, -0.25) is 0 Å². The molecule has 1 saturated heterocycles. The number of rotatable bonds is 8. The average Bonchev–Trinajstić information content (AvgIpc) is 3.07. The van der Waals surface area contributed by atoms with E-state index in [4.69, 9.17) is 4.52 Å². The minimum absolute atomic E-state index is 0.380. The molecule has 6 nitrogen and oxygen atoms in total. The Hall–Kier alpha value is -1.56. The van der Waals surface area contributed by atoms with Crippen molar-refractivity contribution in [1.82, 2.24) is 20.7 Å². The van der Waals surface area contributed by atoms with Gasteiger partial charge in [0.25, 0.3) is 0 Å². The number of piperidine rings is 1. The van der Waals surface area contributed by atoms with Crippen LogP contribution in [0.5, 0.6) is 0 Å². The van der Waals surface area contributed by atoms with Gasteiger partial charge in [0.05, 0.1) is 5.69 Å². The number of nitrogens with zero attached hydrogens (tertiary/aromatic N) is 3. The van der Waals surface area contributed by atoms with Gasteiger partial charge in [-0.2, -0.15) is 0 Å². The molecule has 0 amide bonds. The van der Waals surface area contributed by atoms with E-state index in [9.17, 15) is 0 Å². The van der Waals surface area contributed by atoms with Gasteiger partial charge in [0.1, 0.15) is 6.54 Å². The highest BCUT2D eigenvalue weighted by Gasteiger charge is 2.14. The third-order valence-corrected chi connectivity index (χ3v) is 4.73. The lowest BCUT2D eigenvalue weighted by Gasteiger charge is -2.30. The Morgan fingerprint density at radius 1 is 1.36 bits per heavy atom. The highest BCUT2D eigenvalue weighted by atomic mass is 16.5. The van der Waals surface area contributed by atoms with E-state index in [1.807, 2.05) is 6.07 Å². The Kier molecular flexibility index (Phi) is 8.25. The monoisotopic (exact) mass is 349 g/mol. The topological polar surface area (TPSA) is 65.7 Å². The van der Waals surface area contributed by atoms with Crippen molar-refractivity contribution in [3.8, 4) is 0 Å². The van der Waals surface area contributed by atoms with Gasteiger partial charge >= 0.3 is 0 Å². The SMILES string of the molecule is CCNC(=NCc1cc(C(C)C)no1)NCCCN1CCC(C)CC1. The van der Waals surface area contributed by atoms with Crippen LogP contribution in [-0.4, -0.2) is 48.7 Å². The molecule has 0 spiro atoms. The minimum Gasteiger partial charge on any atom is -0.359 e. The maximum Gasteiger partial charge on any atom is 0.191 e. The number of aliphatic imine (C=N–C) groups is 1. The van der Waals surface area contributed by atoms with Crippen molar-refractivity contribution < 1.29 is 4.52 Å². The predicted molar refractivity (Wildman–Crippen MR) is 103 cm³/mol. The summed E-state index contributed by atoms with van der Waals surface area (Å²) < 4.78 is 5.35. The molecule has 1 aliphatic rings. The van der Waals surface area contributed by atoms with E-state index in [0.717, 1.165) is 42.8 Å². The predicted octanol–water partition coefficient (Wildman–Crippen LogP) is 2.98. The van der Waals surface area contributed by atoms with Crippen LogP contribution >= 0.6 is 0 Å². The van der Waals surface area contributed by atoms with E-state index in [2.05, 4.69) is 53.4 Å². The number of hydrogen-bond donors (Lipinski definition) is 2. The molecule has 0 unspecified atom stereocenters. The second-order valence-electron chi connectivity index (χ2n) is 7.37. The fourth-order valence-corrected chi connectivity index (χ4v) is 2.97. The molecule has 0 radical (unpaired) electrons. The smallest absolute Gasteiger partial charge is 0.191 e. The van der Waals surface area contributed by atoms with Gasteiger partial charge in [-0.15, -0.1) is 0 Å². The van der Waals surface area contributed by atoms with Crippen molar-refractivity contribution in [1.29, 1.82) is 0 Å². The normalized spacial score (nSPS) is 17.2. The van der Waals surface area contributed by atoms with Gasteiger partial charge in [0, 0.05) is 19.2 Å². The second kappa shape index (κ2) is 10.4. The Morgan fingerprint density at radius 3 is 2.76 bits per heavy atom. The van der Waals surface area contributed by atoms with E-state index < -0.39 is 0 Å². The maximum absolute atomic E-state index is 5.35. The number of nitrogens with one attached hydrogen (secondary N) is 2. The third kappa shape index (κ3) is 7.06. The molecule has 6 heteroatoms. The minimum atomic E-state index is 0.380. The fraction of sp³-hybridized carbons (Fsp3) is 0.789. The molecule has 0 atom stereocenters. The van der Waals surface area contributed by atoms with Crippen LogP contribution in [0.2, 0.25) is 0 Å². The van der Waals surface area contributed by atoms with Gasteiger partial charge in [-0.05, 0) is 57.7 Å². The van der Waals surface area contributed by atoms with Crippen molar-refractivity contribution >= 4 is 5.96 Å². The summed E-state index contributed by atoms with van der Waals surface area (Å²) >= 11 is 0. The maximum atomic E-state index is 5.35. The molecule has 1 aromatic heterocycles. The number of guanidine groups is 1. The molecule has 0 aromatic carbocycles. The fourth-order valence-electron chi connectivity index (χ4n) is 2.97. The zero-order valence-electron chi connectivity index (χ0n) is 16.3. The van der Waals surface area contributed by atoms with Crippen molar-refractivity contribution in [2.45, 2.75) is 59.4 Å². The quantitative estimate of drug-likeness (QED) is 0.429. The molecule has 142 valence electrons. The molecule has 2 heterocycles. The highest BCUT2D eigenvalue weighted by Crippen LogP contribution is 2.16. The third-order valence-electron chi connectivity index (χ3n) is 4.73. The molecular weight excluding hydrogens is 314 g/mol. The summed E-state index contributed by atoms with van der Waals surface area (Å²) in [5, 5.41) is 10.8. The molecule has 0 saturated carbocycles. The molecule has 1 aliphatic heterocycles. The van der Waals surface area contributed by atoms with Crippen LogP contribution < -0.4 is 10.6 Å². The Labute approximate surface area is 152 Å². The van der Waals surface area contributed by atoms with Gasteiger partial charge in [0.2, 0.25) is 0 Å². The summed E-state index contributed by atoms with van der Waals surface area (Å²) in [6, 6.07) is 2.00. The van der Waals surface area contributed by atoms with Crippen molar-refractivity contribution in [2.24, 2.45) is 10.9 Å². The van der Waals surface area contributed by atoms with Gasteiger partial charge in [0.15, 0.2) is 11.7 Å². The van der Waals surface area contributed by atoms with Gasteiger partial charge in [-0.1, -0.05) is 25.9 Å². The summed E-state index contributed by atoms with van der Waals surface area (Å²) in [5.41, 5.74) is 0.985. The number of hydrogen-bond acceptors (Lipinski definition) is 4. The average molecular weight is 350 g/mol. The van der Waals surface area contributed by atoms with E-state index in [0.29, 0.717) is 12.5 Å². The van der Waals surface area contributed by atoms with Crippen LogP contribution in [-0.2, 0) is 6.54 Å². The van der Waals surface area contributed by atoms with Crippen molar-refractivity contribution in [2.75, 3.05) is 32.7 Å². The first-order valence-corrected chi connectivity index (χ1v) is 9.78. The van der Waals surface area contributed by atoms with Gasteiger partial charge < -0.3 is 20.1 Å². The molecule has 0 bridgehead atoms. The zero-order chi connectivity index (χ0) is 18.1. The standard InChI is InChI=1S/C19H35N5O/c1-5-20-19(22-14-17-13-18(15(2)3)23-25-17)21-9-6-10-24-11-7-16(4)8-12-24/h13,15-16H,5-12,14H2,1-4H3,(H2,20,21,22). The van der Waals surface area contributed by atoms with E-state index >= 15 is 0 Å². The largest absolute Gasteiger partial charge is 0.359 e. The summed E-state index contributed by atoms with van der Waals surface area (Å²) in [6.07, 6.45) is 3.82. The van der Waals surface area contributed by atoms with Crippen molar-refractivity contribution in [3.05, 3.63) is 17.5 Å². The summed E-state index contributed by atoms with van der Waals surface area (Å²) in [4.78, 5) is 7.17. The molecule has 2 rings (SSSR count). The molecule has 1 fully saturated rings. The number of likely N-dealkylation sites (tertiary alicyclic amines) is 1. The summed E-state index contributed by atoms with van der Waals surface area (Å²) in [5.74, 6) is 2.93. The first kappa shape index (κ1) is 19.8. The first-order chi connectivity index (χ1) is 12.1. The highest BCUT2D eigenvalue weighted by molar-refractivity contribution is 5.79. The molecule has 0 aliphatic carbocycles. The molecule has 2 N–H and O–H groups in total. The van der Waals surface area contributed by atoms with E-state index in [-0.39, 0.29) is 0 Å². The van der Waals surface area contributed by atoms with E-state index in [1.54, 1.807) is 0 Å². The molecule has 25 heavy (non-hydrogen) atoms. The Bertz CT molecular complexity index is 518. The molecule has 1 aromatic rings.